The van der Waals surface area contributed by atoms with Crippen molar-refractivity contribution in [3.8, 4) is 11.5 Å². The van der Waals surface area contributed by atoms with Crippen LogP contribution in [0.2, 0.25) is 0 Å². The van der Waals surface area contributed by atoms with Crippen molar-refractivity contribution in [3.05, 3.63) is 130 Å². The standard InChI is InChI=1S/2C21H19FO3S/c1-21(2,3)17(23)12-25-19-15-6-4-5-7-16(15)26-20(19)18(24)13-8-10-14(22)11-9-13;1-21(2,3)17(23)12-25-19-15-11-14(22)9-10-16(15)26-20(19)18(24)13-7-5-4-6-8-13/h2*4-11H,12H2,1-3H3. The lowest BCUT2D eigenvalue weighted by Gasteiger charge is -2.17. The lowest BCUT2D eigenvalue weighted by atomic mass is 9.91. The smallest absolute Gasteiger partial charge is 0.206 e. The number of Topliss-reactive ketones (excluding diaryl/α,β-unsaturated/α-hetero) is 2. The summed E-state index contributed by atoms with van der Waals surface area (Å²) in [6.45, 7) is 10.6. The average molecular weight is 741 g/mol. The summed E-state index contributed by atoms with van der Waals surface area (Å²) in [6, 6.07) is 26.1. The summed E-state index contributed by atoms with van der Waals surface area (Å²) in [5.41, 5.74) is -0.176. The highest BCUT2D eigenvalue weighted by Gasteiger charge is 2.27. The second kappa shape index (κ2) is 15.7. The number of ether oxygens (including phenoxy) is 2. The van der Waals surface area contributed by atoms with Gasteiger partial charge in [0.1, 0.15) is 46.1 Å². The van der Waals surface area contributed by atoms with Gasteiger partial charge in [-0.3, -0.25) is 19.2 Å². The molecule has 52 heavy (non-hydrogen) atoms. The van der Waals surface area contributed by atoms with E-state index in [0.29, 0.717) is 32.0 Å². The van der Waals surface area contributed by atoms with Crippen molar-refractivity contribution in [3.63, 3.8) is 0 Å². The molecule has 6 nitrogen and oxygen atoms in total. The minimum atomic E-state index is -0.555. The van der Waals surface area contributed by atoms with Gasteiger partial charge in [-0.25, -0.2) is 8.78 Å². The van der Waals surface area contributed by atoms with Crippen molar-refractivity contribution in [2.24, 2.45) is 10.8 Å². The number of carbonyl (C=O) groups is 4. The minimum Gasteiger partial charge on any atom is -0.483 e. The zero-order valence-corrected chi connectivity index (χ0v) is 31.3. The van der Waals surface area contributed by atoms with Crippen molar-refractivity contribution in [1.29, 1.82) is 0 Å². The van der Waals surface area contributed by atoms with Gasteiger partial charge in [-0.05, 0) is 54.6 Å². The van der Waals surface area contributed by atoms with Crippen LogP contribution in [0.5, 0.6) is 11.5 Å². The van der Waals surface area contributed by atoms with Gasteiger partial charge in [-0.1, -0.05) is 84.0 Å². The number of rotatable bonds is 10. The second-order valence-corrected chi connectivity index (χ2v) is 16.2. The van der Waals surface area contributed by atoms with Gasteiger partial charge in [0, 0.05) is 42.1 Å². The maximum Gasteiger partial charge on any atom is 0.206 e. The molecule has 0 bridgehead atoms. The minimum absolute atomic E-state index is 0.0482. The molecule has 10 heteroatoms. The molecule has 2 heterocycles. The Labute approximate surface area is 309 Å². The van der Waals surface area contributed by atoms with Crippen LogP contribution in [0.15, 0.2) is 97.1 Å². The molecule has 0 atom stereocenters. The second-order valence-electron chi connectivity index (χ2n) is 14.1. The zero-order valence-electron chi connectivity index (χ0n) is 29.7. The normalized spacial score (nSPS) is 11.5. The molecule has 0 amide bonds. The quantitative estimate of drug-likeness (QED) is 0.130. The van der Waals surface area contributed by atoms with Crippen molar-refractivity contribution in [1.82, 2.24) is 0 Å². The van der Waals surface area contributed by atoms with E-state index in [1.807, 2.05) is 51.1 Å². The predicted octanol–water partition coefficient (Wildman–Crippen LogP) is 10.5. The fourth-order valence-corrected chi connectivity index (χ4v) is 7.02. The first kappa shape index (κ1) is 38.2. The number of thiophene rings is 2. The van der Waals surface area contributed by atoms with Gasteiger partial charge in [0.25, 0.3) is 0 Å². The molecule has 0 spiro atoms. The summed E-state index contributed by atoms with van der Waals surface area (Å²) in [6.07, 6.45) is 0. The maximum atomic E-state index is 13.7. The summed E-state index contributed by atoms with van der Waals surface area (Å²) >= 11 is 2.55. The lowest BCUT2D eigenvalue weighted by molar-refractivity contribution is -0.128. The molecular formula is C42H38F2O6S2. The molecule has 0 aliphatic heterocycles. The molecule has 0 saturated heterocycles. The first-order chi connectivity index (χ1) is 24.5. The van der Waals surface area contributed by atoms with Crippen LogP contribution in [-0.4, -0.2) is 36.3 Å². The average Bonchev–Trinajstić information content (AvgIpc) is 3.66. The highest BCUT2D eigenvalue weighted by atomic mass is 32.1. The van der Waals surface area contributed by atoms with E-state index in [2.05, 4.69) is 0 Å². The summed E-state index contributed by atoms with van der Waals surface area (Å²) in [5, 5.41) is 1.31. The fraction of sp³-hybridized carbons (Fsp3) is 0.238. The molecule has 0 unspecified atom stereocenters. The zero-order chi connectivity index (χ0) is 37.8. The largest absolute Gasteiger partial charge is 0.483 e. The molecule has 6 aromatic rings. The van der Waals surface area contributed by atoms with Crippen LogP contribution in [0.25, 0.3) is 20.2 Å². The number of hydrogen-bond donors (Lipinski definition) is 0. The molecule has 4 aromatic carbocycles. The van der Waals surface area contributed by atoms with Gasteiger partial charge in [-0.2, -0.15) is 0 Å². The topological polar surface area (TPSA) is 86.7 Å². The number of fused-ring (bicyclic) bond motifs is 2. The molecule has 0 saturated carbocycles. The summed E-state index contributed by atoms with van der Waals surface area (Å²) in [5.74, 6) is -0.714. The van der Waals surface area contributed by atoms with Crippen LogP contribution in [0.1, 0.15) is 72.0 Å². The third-order valence-corrected chi connectivity index (χ3v) is 10.4. The first-order valence-corrected chi connectivity index (χ1v) is 18.1. The Hall–Kier alpha value is -5.06. The highest BCUT2D eigenvalue weighted by Crippen LogP contribution is 2.41. The van der Waals surface area contributed by atoms with Crippen molar-refractivity contribution >= 4 is 66.0 Å². The van der Waals surface area contributed by atoms with E-state index in [1.165, 1.54) is 59.1 Å². The van der Waals surface area contributed by atoms with Crippen LogP contribution in [0.3, 0.4) is 0 Å². The van der Waals surface area contributed by atoms with Crippen LogP contribution in [-0.2, 0) is 9.59 Å². The molecule has 0 aliphatic rings. The maximum absolute atomic E-state index is 13.7. The Balaban J connectivity index is 0.000000201. The molecule has 6 rings (SSSR count). The van der Waals surface area contributed by atoms with E-state index in [1.54, 1.807) is 51.1 Å². The Morgan fingerprint density at radius 1 is 0.538 bits per heavy atom. The van der Waals surface area contributed by atoms with E-state index >= 15 is 0 Å². The molecule has 0 radical (unpaired) electrons. The molecule has 0 N–H and O–H groups in total. The third-order valence-electron chi connectivity index (χ3n) is 8.08. The van der Waals surface area contributed by atoms with Crippen LogP contribution >= 0.6 is 22.7 Å². The monoisotopic (exact) mass is 740 g/mol. The Bertz CT molecular complexity index is 2260. The molecule has 0 fully saturated rings. The van der Waals surface area contributed by atoms with Gasteiger partial charge in [0.2, 0.25) is 11.6 Å². The molecule has 0 aliphatic carbocycles. The Kier molecular flexibility index (Phi) is 11.5. The molecular weight excluding hydrogens is 703 g/mol. The van der Waals surface area contributed by atoms with E-state index < -0.39 is 22.5 Å². The van der Waals surface area contributed by atoms with Gasteiger partial charge < -0.3 is 9.47 Å². The Morgan fingerprint density at radius 3 is 1.52 bits per heavy atom. The third kappa shape index (κ3) is 8.86. The van der Waals surface area contributed by atoms with E-state index in [4.69, 9.17) is 9.47 Å². The van der Waals surface area contributed by atoms with Crippen LogP contribution < -0.4 is 9.47 Å². The number of benzene rings is 4. The van der Waals surface area contributed by atoms with E-state index in [0.717, 1.165) is 14.8 Å². The predicted molar refractivity (Wildman–Crippen MR) is 203 cm³/mol. The first-order valence-electron chi connectivity index (χ1n) is 16.5. The van der Waals surface area contributed by atoms with Crippen molar-refractivity contribution in [2.45, 2.75) is 41.5 Å². The number of carbonyl (C=O) groups excluding carboxylic acids is 4. The number of halogens is 2. The van der Waals surface area contributed by atoms with Crippen LogP contribution in [0.4, 0.5) is 8.78 Å². The number of ketones is 4. The lowest BCUT2D eigenvalue weighted by Crippen LogP contribution is -2.26. The van der Waals surface area contributed by atoms with Crippen molar-refractivity contribution in [2.75, 3.05) is 13.2 Å². The Morgan fingerprint density at radius 2 is 0.981 bits per heavy atom. The highest BCUT2D eigenvalue weighted by molar-refractivity contribution is 7.22. The number of hydrogen-bond acceptors (Lipinski definition) is 8. The van der Waals surface area contributed by atoms with Gasteiger partial charge in [0.05, 0.1) is 0 Å². The van der Waals surface area contributed by atoms with E-state index in [-0.39, 0.29) is 42.1 Å². The summed E-state index contributed by atoms with van der Waals surface area (Å²) < 4.78 is 40.1. The van der Waals surface area contributed by atoms with E-state index in [9.17, 15) is 28.0 Å². The summed E-state index contributed by atoms with van der Waals surface area (Å²) in [4.78, 5) is 51.1. The summed E-state index contributed by atoms with van der Waals surface area (Å²) in [7, 11) is 0. The van der Waals surface area contributed by atoms with Gasteiger partial charge in [-0.15, -0.1) is 22.7 Å². The van der Waals surface area contributed by atoms with Gasteiger partial charge >= 0.3 is 0 Å². The van der Waals surface area contributed by atoms with Crippen LogP contribution in [0, 0.1) is 22.5 Å². The van der Waals surface area contributed by atoms with Gasteiger partial charge in [0.15, 0.2) is 11.6 Å². The SMILES string of the molecule is CC(C)(C)C(=O)COc1c(C(=O)c2ccc(F)cc2)sc2ccccc12.CC(C)(C)C(=O)COc1c(C(=O)c2ccccc2)sc2ccc(F)cc12. The van der Waals surface area contributed by atoms with Crippen molar-refractivity contribution < 1.29 is 37.4 Å². The fourth-order valence-electron chi connectivity index (χ4n) is 4.82. The molecule has 268 valence electrons. The molecule has 2 aromatic heterocycles.